The Kier molecular flexibility index (Phi) is 6.23. The standard InChI is InChI=1S/C24H23ClN4O/c1-16(17-7-9-19(10-8-17)18-5-3-2-4-6-18)26-29-24(30)23-15-22(27-28-23)20-11-13-21(25)14-12-20/h2-14,22-23,27-28H,15H2,1H3,(H,29,30)/b26-16+. The van der Waals surface area contributed by atoms with Gasteiger partial charge in [-0.1, -0.05) is 78.3 Å². The van der Waals surface area contributed by atoms with Crippen LogP contribution in [-0.2, 0) is 4.79 Å². The van der Waals surface area contributed by atoms with E-state index in [0.717, 1.165) is 22.4 Å². The van der Waals surface area contributed by atoms with E-state index in [1.807, 2.05) is 61.5 Å². The Bertz CT molecular complexity index is 1030. The van der Waals surface area contributed by atoms with Crippen molar-refractivity contribution in [1.29, 1.82) is 0 Å². The van der Waals surface area contributed by atoms with Gasteiger partial charge in [-0.15, -0.1) is 0 Å². The fourth-order valence-corrected chi connectivity index (χ4v) is 3.58. The van der Waals surface area contributed by atoms with Crippen LogP contribution >= 0.6 is 11.6 Å². The van der Waals surface area contributed by atoms with E-state index in [0.29, 0.717) is 11.4 Å². The van der Waals surface area contributed by atoms with Crippen LogP contribution in [0.3, 0.4) is 0 Å². The Morgan fingerprint density at radius 1 is 0.933 bits per heavy atom. The quantitative estimate of drug-likeness (QED) is 0.423. The molecule has 0 radical (unpaired) electrons. The first-order valence-electron chi connectivity index (χ1n) is 9.86. The highest BCUT2D eigenvalue weighted by Crippen LogP contribution is 2.24. The Morgan fingerprint density at radius 2 is 1.60 bits per heavy atom. The Labute approximate surface area is 181 Å². The molecular weight excluding hydrogens is 396 g/mol. The molecule has 0 saturated carbocycles. The number of halogens is 1. The van der Waals surface area contributed by atoms with Crippen molar-refractivity contribution in [1.82, 2.24) is 16.3 Å². The van der Waals surface area contributed by atoms with Crippen LogP contribution in [-0.4, -0.2) is 17.7 Å². The highest BCUT2D eigenvalue weighted by Gasteiger charge is 2.30. The Balaban J connectivity index is 1.35. The molecule has 0 aliphatic carbocycles. The average Bonchev–Trinajstić information content (AvgIpc) is 3.29. The number of rotatable bonds is 5. The predicted molar refractivity (Wildman–Crippen MR) is 121 cm³/mol. The number of hydrogen-bond donors (Lipinski definition) is 3. The molecular formula is C24H23ClN4O. The number of nitrogens with zero attached hydrogens (tertiary/aromatic N) is 1. The lowest BCUT2D eigenvalue weighted by molar-refractivity contribution is -0.122. The molecule has 0 spiro atoms. The molecule has 30 heavy (non-hydrogen) atoms. The maximum absolute atomic E-state index is 12.5. The maximum atomic E-state index is 12.5. The number of hydrogen-bond acceptors (Lipinski definition) is 4. The molecule has 3 aromatic rings. The molecule has 2 unspecified atom stereocenters. The molecule has 3 aromatic carbocycles. The van der Waals surface area contributed by atoms with Crippen LogP contribution in [0.4, 0.5) is 0 Å². The number of carbonyl (C=O) groups is 1. The number of hydrazone groups is 1. The number of benzene rings is 3. The van der Waals surface area contributed by atoms with E-state index in [9.17, 15) is 4.79 Å². The maximum Gasteiger partial charge on any atom is 0.258 e. The lowest BCUT2D eigenvalue weighted by Crippen LogP contribution is -2.41. The van der Waals surface area contributed by atoms with Gasteiger partial charge in [0.15, 0.2) is 0 Å². The van der Waals surface area contributed by atoms with Crippen molar-refractivity contribution in [3.05, 3.63) is 95.0 Å². The van der Waals surface area contributed by atoms with Crippen LogP contribution in [0.15, 0.2) is 84.0 Å². The zero-order chi connectivity index (χ0) is 20.9. The van der Waals surface area contributed by atoms with Crippen molar-refractivity contribution in [2.75, 3.05) is 0 Å². The average molecular weight is 419 g/mol. The van der Waals surface area contributed by atoms with E-state index in [4.69, 9.17) is 11.6 Å². The van der Waals surface area contributed by atoms with Crippen LogP contribution in [0.25, 0.3) is 11.1 Å². The van der Waals surface area contributed by atoms with Crippen molar-refractivity contribution >= 4 is 23.2 Å². The monoisotopic (exact) mass is 418 g/mol. The summed E-state index contributed by atoms with van der Waals surface area (Å²) in [6.07, 6.45) is 0.633. The van der Waals surface area contributed by atoms with Gasteiger partial charge in [-0.3, -0.25) is 4.79 Å². The fraction of sp³-hybridized carbons (Fsp3) is 0.167. The van der Waals surface area contributed by atoms with Gasteiger partial charge in [-0.05, 0) is 47.7 Å². The smallest absolute Gasteiger partial charge is 0.258 e. The van der Waals surface area contributed by atoms with Gasteiger partial charge in [0.2, 0.25) is 0 Å². The molecule has 1 saturated heterocycles. The lowest BCUT2D eigenvalue weighted by Gasteiger charge is -2.09. The summed E-state index contributed by atoms with van der Waals surface area (Å²) < 4.78 is 0. The molecule has 1 aliphatic rings. The van der Waals surface area contributed by atoms with Gasteiger partial charge in [-0.25, -0.2) is 16.3 Å². The van der Waals surface area contributed by atoms with Gasteiger partial charge in [-0.2, -0.15) is 5.10 Å². The number of amides is 1. The predicted octanol–water partition coefficient (Wildman–Crippen LogP) is 4.46. The molecule has 1 heterocycles. The lowest BCUT2D eigenvalue weighted by atomic mass is 10.0. The number of carbonyl (C=O) groups excluding carboxylic acids is 1. The summed E-state index contributed by atoms with van der Waals surface area (Å²) in [5.74, 6) is -0.167. The summed E-state index contributed by atoms with van der Waals surface area (Å²) in [5, 5.41) is 4.98. The Morgan fingerprint density at radius 3 is 2.30 bits per heavy atom. The van der Waals surface area contributed by atoms with Gasteiger partial charge in [0.05, 0.1) is 5.71 Å². The summed E-state index contributed by atoms with van der Waals surface area (Å²) in [7, 11) is 0. The number of hydrazine groups is 1. The van der Waals surface area contributed by atoms with Gasteiger partial charge in [0, 0.05) is 11.1 Å². The van der Waals surface area contributed by atoms with Crippen LogP contribution in [0.1, 0.15) is 30.5 Å². The highest BCUT2D eigenvalue weighted by molar-refractivity contribution is 6.30. The van der Waals surface area contributed by atoms with Crippen LogP contribution in [0.2, 0.25) is 5.02 Å². The van der Waals surface area contributed by atoms with E-state index in [2.05, 4.69) is 45.6 Å². The number of nitrogens with one attached hydrogen (secondary N) is 3. The minimum atomic E-state index is -0.359. The first-order chi connectivity index (χ1) is 14.6. The molecule has 2 atom stereocenters. The molecule has 3 N–H and O–H groups in total. The second kappa shape index (κ2) is 9.22. The molecule has 152 valence electrons. The largest absolute Gasteiger partial charge is 0.271 e. The van der Waals surface area contributed by atoms with E-state index >= 15 is 0 Å². The summed E-state index contributed by atoms with van der Waals surface area (Å²) in [5.41, 5.74) is 14.0. The molecule has 0 aromatic heterocycles. The zero-order valence-corrected chi connectivity index (χ0v) is 17.4. The molecule has 1 amide bonds. The first-order valence-corrected chi connectivity index (χ1v) is 10.2. The van der Waals surface area contributed by atoms with Crippen molar-refractivity contribution in [3.8, 4) is 11.1 Å². The van der Waals surface area contributed by atoms with Crippen molar-refractivity contribution in [3.63, 3.8) is 0 Å². The van der Waals surface area contributed by atoms with E-state index in [-0.39, 0.29) is 18.0 Å². The van der Waals surface area contributed by atoms with E-state index in [1.54, 1.807) is 0 Å². The fourth-order valence-electron chi connectivity index (χ4n) is 3.46. The molecule has 6 heteroatoms. The first kappa shape index (κ1) is 20.3. The summed E-state index contributed by atoms with van der Waals surface area (Å²) >= 11 is 5.94. The van der Waals surface area contributed by atoms with Crippen LogP contribution in [0, 0.1) is 0 Å². The summed E-state index contributed by atoms with van der Waals surface area (Å²) in [6.45, 7) is 1.88. The molecule has 0 bridgehead atoms. The minimum absolute atomic E-state index is 0.0497. The minimum Gasteiger partial charge on any atom is -0.271 e. The third kappa shape index (κ3) is 4.76. The summed E-state index contributed by atoms with van der Waals surface area (Å²) in [4.78, 5) is 12.5. The molecule has 4 rings (SSSR count). The summed E-state index contributed by atoms with van der Waals surface area (Å²) in [6, 6.07) is 25.7. The second-order valence-electron chi connectivity index (χ2n) is 7.30. The molecule has 5 nitrogen and oxygen atoms in total. The van der Waals surface area contributed by atoms with E-state index in [1.165, 1.54) is 5.56 Å². The van der Waals surface area contributed by atoms with Gasteiger partial charge < -0.3 is 0 Å². The van der Waals surface area contributed by atoms with Crippen molar-refractivity contribution in [2.24, 2.45) is 5.10 Å². The highest BCUT2D eigenvalue weighted by atomic mass is 35.5. The SMILES string of the molecule is C/C(=N\NC(=O)C1CC(c2ccc(Cl)cc2)NN1)c1ccc(-c2ccccc2)cc1. The Hall–Kier alpha value is -2.99. The molecule has 1 aliphatic heterocycles. The van der Waals surface area contributed by atoms with Gasteiger partial charge >= 0.3 is 0 Å². The van der Waals surface area contributed by atoms with Gasteiger partial charge in [0.1, 0.15) is 6.04 Å². The van der Waals surface area contributed by atoms with Crippen LogP contribution < -0.4 is 16.3 Å². The zero-order valence-electron chi connectivity index (χ0n) is 16.6. The van der Waals surface area contributed by atoms with Gasteiger partial charge in [0.25, 0.3) is 5.91 Å². The molecule has 1 fully saturated rings. The third-order valence-corrected chi connectivity index (χ3v) is 5.49. The van der Waals surface area contributed by atoms with Crippen LogP contribution in [0.5, 0.6) is 0 Å². The van der Waals surface area contributed by atoms with E-state index < -0.39 is 0 Å². The second-order valence-corrected chi connectivity index (χ2v) is 7.73. The normalized spacial score (nSPS) is 18.9. The topological polar surface area (TPSA) is 65.5 Å². The van der Waals surface area contributed by atoms with Crippen molar-refractivity contribution in [2.45, 2.75) is 25.4 Å². The third-order valence-electron chi connectivity index (χ3n) is 5.24. The van der Waals surface area contributed by atoms with Crippen molar-refractivity contribution < 1.29 is 4.79 Å².